The SMILES string of the molecule is CCOC(=O)/C(N)=C/C(N)=N/c1nc(Sc2ccc(NC(=O)C3CC3)cc2)nc(N2CCN(C)CC2)n1. The van der Waals surface area contributed by atoms with Gasteiger partial charge in [-0.05, 0) is 62.8 Å². The number of esters is 1. The Morgan fingerprint density at radius 3 is 2.49 bits per heavy atom. The summed E-state index contributed by atoms with van der Waals surface area (Å²) in [6.45, 7) is 5.15. The number of carbonyl (C=O) groups excluding carboxylic acids is 2. The fourth-order valence-electron chi connectivity index (χ4n) is 3.46. The number of nitrogens with one attached hydrogen (secondary N) is 1. The number of hydrogen-bond donors (Lipinski definition) is 3. The third-order valence-electron chi connectivity index (χ3n) is 5.70. The summed E-state index contributed by atoms with van der Waals surface area (Å²) in [6.07, 6.45) is 3.13. The number of carbonyl (C=O) groups is 2. The van der Waals surface area contributed by atoms with Crippen molar-refractivity contribution in [3.63, 3.8) is 0 Å². The summed E-state index contributed by atoms with van der Waals surface area (Å²) >= 11 is 1.34. The summed E-state index contributed by atoms with van der Waals surface area (Å²) in [5.74, 6) is 0.0850. The van der Waals surface area contributed by atoms with Crippen LogP contribution in [0, 0.1) is 5.92 Å². The highest BCUT2D eigenvalue weighted by atomic mass is 32.2. The van der Waals surface area contributed by atoms with Crippen molar-refractivity contribution in [2.24, 2.45) is 22.4 Å². The van der Waals surface area contributed by atoms with Gasteiger partial charge in [0, 0.05) is 48.8 Å². The number of ether oxygens (including phenoxy) is 1. The van der Waals surface area contributed by atoms with Crippen LogP contribution in [0.3, 0.4) is 0 Å². The Hall–Kier alpha value is -3.71. The van der Waals surface area contributed by atoms with Gasteiger partial charge < -0.3 is 31.3 Å². The van der Waals surface area contributed by atoms with Crippen LogP contribution in [-0.4, -0.2) is 77.4 Å². The molecule has 0 spiro atoms. The van der Waals surface area contributed by atoms with E-state index in [-0.39, 0.29) is 35.9 Å². The van der Waals surface area contributed by atoms with Crippen molar-refractivity contribution in [3.05, 3.63) is 36.0 Å². The van der Waals surface area contributed by atoms with Crippen molar-refractivity contribution >= 4 is 47.1 Å². The number of nitrogens with zero attached hydrogens (tertiary/aromatic N) is 6. The molecule has 1 aromatic heterocycles. The van der Waals surface area contributed by atoms with E-state index in [0.717, 1.165) is 49.6 Å². The first-order valence-electron chi connectivity index (χ1n) is 12.1. The Morgan fingerprint density at radius 2 is 1.84 bits per heavy atom. The summed E-state index contributed by atoms with van der Waals surface area (Å²) in [5.41, 5.74) is 12.3. The van der Waals surface area contributed by atoms with E-state index >= 15 is 0 Å². The zero-order valence-electron chi connectivity index (χ0n) is 20.9. The van der Waals surface area contributed by atoms with Crippen LogP contribution in [0.25, 0.3) is 0 Å². The second-order valence-corrected chi connectivity index (χ2v) is 9.80. The molecule has 1 amide bonds. The highest BCUT2D eigenvalue weighted by molar-refractivity contribution is 7.99. The normalized spacial score (nSPS) is 17.0. The zero-order chi connectivity index (χ0) is 26.4. The molecule has 5 N–H and O–H groups in total. The van der Waals surface area contributed by atoms with Gasteiger partial charge in [-0.3, -0.25) is 4.79 Å². The molecule has 1 saturated carbocycles. The Morgan fingerprint density at radius 1 is 1.14 bits per heavy atom. The lowest BCUT2D eigenvalue weighted by Crippen LogP contribution is -2.45. The minimum atomic E-state index is -0.678. The standard InChI is InChI=1S/C24H31N9O3S/c1-3-36-21(35)18(25)14-19(26)28-22-29-23(33-12-10-32(2)11-13-33)31-24(30-22)37-17-8-6-16(7-9-17)27-20(34)15-4-5-15/h6-9,14-15H,3-5,10-13,25H2,1-2H3,(H,27,34)(H2,26,28,29,30,31)/b18-14-. The third kappa shape index (κ3) is 7.64. The Labute approximate surface area is 219 Å². The first-order chi connectivity index (χ1) is 17.8. The average molecular weight is 526 g/mol. The van der Waals surface area contributed by atoms with Crippen LogP contribution in [0.1, 0.15) is 19.8 Å². The van der Waals surface area contributed by atoms with E-state index in [1.54, 1.807) is 6.92 Å². The van der Waals surface area contributed by atoms with E-state index in [1.807, 2.05) is 24.3 Å². The van der Waals surface area contributed by atoms with E-state index in [2.05, 4.69) is 42.1 Å². The lowest BCUT2D eigenvalue weighted by molar-refractivity contribution is -0.138. The number of amides is 1. The van der Waals surface area contributed by atoms with E-state index in [9.17, 15) is 9.59 Å². The number of anilines is 2. The number of amidine groups is 1. The molecule has 4 rings (SSSR count). The van der Waals surface area contributed by atoms with Gasteiger partial charge in [0.1, 0.15) is 11.5 Å². The summed E-state index contributed by atoms with van der Waals surface area (Å²) in [7, 11) is 2.07. The first-order valence-corrected chi connectivity index (χ1v) is 12.9. The number of aromatic nitrogens is 3. The van der Waals surface area contributed by atoms with Gasteiger partial charge in [0.15, 0.2) is 5.16 Å². The van der Waals surface area contributed by atoms with Crippen molar-refractivity contribution in [2.45, 2.75) is 29.8 Å². The molecule has 0 radical (unpaired) electrons. The second kappa shape index (κ2) is 12.0. The molecule has 2 aromatic rings. The molecular weight excluding hydrogens is 494 g/mol. The molecule has 1 saturated heterocycles. The quantitative estimate of drug-likeness (QED) is 0.188. The molecule has 0 bridgehead atoms. The molecule has 0 atom stereocenters. The van der Waals surface area contributed by atoms with Crippen molar-refractivity contribution in [1.82, 2.24) is 19.9 Å². The van der Waals surface area contributed by atoms with Gasteiger partial charge >= 0.3 is 5.97 Å². The van der Waals surface area contributed by atoms with E-state index in [0.29, 0.717) is 11.1 Å². The number of aliphatic imine (C=N–C) groups is 1. The van der Waals surface area contributed by atoms with Crippen LogP contribution >= 0.6 is 11.8 Å². The van der Waals surface area contributed by atoms with E-state index in [4.69, 9.17) is 16.2 Å². The maximum Gasteiger partial charge on any atom is 0.354 e. The van der Waals surface area contributed by atoms with Crippen LogP contribution < -0.4 is 21.7 Å². The minimum Gasteiger partial charge on any atom is -0.461 e. The molecule has 12 nitrogen and oxygen atoms in total. The van der Waals surface area contributed by atoms with Crippen LogP contribution in [0.4, 0.5) is 17.6 Å². The van der Waals surface area contributed by atoms with Gasteiger partial charge in [-0.1, -0.05) is 0 Å². The molecule has 196 valence electrons. The summed E-state index contributed by atoms with van der Waals surface area (Å²) in [4.78, 5) is 46.8. The summed E-state index contributed by atoms with van der Waals surface area (Å²) < 4.78 is 4.87. The predicted molar refractivity (Wildman–Crippen MR) is 142 cm³/mol. The molecule has 2 heterocycles. The molecular formula is C24H31N9O3S. The molecule has 37 heavy (non-hydrogen) atoms. The molecule has 13 heteroatoms. The lowest BCUT2D eigenvalue weighted by Gasteiger charge is -2.32. The highest BCUT2D eigenvalue weighted by Gasteiger charge is 2.29. The van der Waals surface area contributed by atoms with Crippen molar-refractivity contribution < 1.29 is 14.3 Å². The number of rotatable bonds is 9. The number of benzene rings is 1. The maximum atomic E-state index is 12.0. The highest BCUT2D eigenvalue weighted by Crippen LogP contribution is 2.31. The fraction of sp³-hybridized carbons (Fsp3) is 0.417. The van der Waals surface area contributed by atoms with Gasteiger partial charge in [0.05, 0.1) is 6.61 Å². The first kappa shape index (κ1) is 26.4. The van der Waals surface area contributed by atoms with E-state index in [1.165, 1.54) is 17.8 Å². The number of hydrogen-bond acceptors (Lipinski definition) is 11. The van der Waals surface area contributed by atoms with Gasteiger partial charge in [0.25, 0.3) is 5.95 Å². The number of nitrogens with two attached hydrogens (primary N) is 2. The maximum absolute atomic E-state index is 12.0. The van der Waals surface area contributed by atoms with Crippen molar-refractivity contribution in [1.29, 1.82) is 0 Å². The van der Waals surface area contributed by atoms with Gasteiger partial charge in [-0.2, -0.15) is 19.9 Å². The minimum absolute atomic E-state index is 0.0345. The molecule has 2 fully saturated rings. The topological polar surface area (TPSA) is 165 Å². The summed E-state index contributed by atoms with van der Waals surface area (Å²) in [6, 6.07) is 7.50. The zero-order valence-corrected chi connectivity index (χ0v) is 21.7. The molecule has 2 aliphatic rings. The van der Waals surface area contributed by atoms with Crippen molar-refractivity contribution in [2.75, 3.05) is 50.1 Å². The Balaban J connectivity index is 1.55. The Kier molecular flexibility index (Phi) is 8.56. The van der Waals surface area contributed by atoms with Crippen LogP contribution in [0.5, 0.6) is 0 Å². The fourth-order valence-corrected chi connectivity index (χ4v) is 4.20. The summed E-state index contributed by atoms with van der Waals surface area (Å²) in [5, 5.41) is 3.37. The smallest absolute Gasteiger partial charge is 0.354 e. The lowest BCUT2D eigenvalue weighted by atomic mass is 10.3. The number of likely N-dealkylation sites (N-methyl/N-ethyl adjacent to an activating group) is 1. The van der Waals surface area contributed by atoms with Gasteiger partial charge in [-0.25, -0.2) is 4.79 Å². The van der Waals surface area contributed by atoms with Crippen LogP contribution in [-0.2, 0) is 14.3 Å². The molecule has 1 aliphatic carbocycles. The van der Waals surface area contributed by atoms with Crippen LogP contribution in [0.2, 0.25) is 0 Å². The van der Waals surface area contributed by atoms with Gasteiger partial charge in [0.2, 0.25) is 11.9 Å². The molecule has 0 unspecified atom stereocenters. The number of piperazine rings is 1. The largest absolute Gasteiger partial charge is 0.461 e. The average Bonchev–Trinajstić information content (AvgIpc) is 3.71. The Bertz CT molecular complexity index is 1190. The predicted octanol–water partition coefficient (Wildman–Crippen LogP) is 1.52. The third-order valence-corrected chi connectivity index (χ3v) is 6.57. The van der Waals surface area contributed by atoms with Crippen LogP contribution in [0.15, 0.2) is 51.1 Å². The van der Waals surface area contributed by atoms with Crippen molar-refractivity contribution in [3.8, 4) is 0 Å². The molecule has 1 aromatic carbocycles. The molecule has 1 aliphatic heterocycles. The van der Waals surface area contributed by atoms with Gasteiger partial charge in [-0.15, -0.1) is 0 Å². The van der Waals surface area contributed by atoms with E-state index < -0.39 is 5.97 Å². The monoisotopic (exact) mass is 525 g/mol. The second-order valence-electron chi connectivity index (χ2n) is 8.76.